The lowest BCUT2D eigenvalue weighted by atomic mass is 9.92. The summed E-state index contributed by atoms with van der Waals surface area (Å²) in [6.45, 7) is 5.80. The predicted molar refractivity (Wildman–Crippen MR) is 64.3 cm³/mol. The molecule has 1 fully saturated rings. The fourth-order valence-electron chi connectivity index (χ4n) is 2.20. The maximum atomic E-state index is 11.7. The molecule has 1 aliphatic heterocycles. The summed E-state index contributed by atoms with van der Waals surface area (Å²) < 4.78 is 5.34. The fraction of sp³-hybridized carbons (Fsp3) is 0.917. The number of nitrogens with one attached hydrogen (secondary N) is 1. The Labute approximate surface area is 98.3 Å². The first-order valence-corrected chi connectivity index (χ1v) is 6.07. The first-order valence-electron chi connectivity index (χ1n) is 6.07. The van der Waals surface area contributed by atoms with Gasteiger partial charge in [0.05, 0.1) is 6.04 Å². The summed E-state index contributed by atoms with van der Waals surface area (Å²) >= 11 is 0. The highest BCUT2D eigenvalue weighted by Crippen LogP contribution is 2.18. The quantitative estimate of drug-likeness (QED) is 0.776. The number of carbonyl (C=O) groups excluding carboxylic acids is 1. The van der Waals surface area contributed by atoms with Crippen LogP contribution < -0.4 is 5.32 Å². The van der Waals surface area contributed by atoms with Crippen LogP contribution in [0.15, 0.2) is 0 Å². The van der Waals surface area contributed by atoms with Gasteiger partial charge in [-0.05, 0) is 32.6 Å². The molecule has 1 rings (SSSR count). The summed E-state index contributed by atoms with van der Waals surface area (Å²) in [5.74, 6) is 0.769. The standard InChI is InChI=1S/C12H24N2O2/c1-9(11-5-7-16-8-6-11)13-10(2)12(15)14(3)4/h9-11,13H,5-8H2,1-4H3. The van der Waals surface area contributed by atoms with Crippen molar-refractivity contribution in [3.8, 4) is 0 Å². The second-order valence-electron chi connectivity index (χ2n) is 4.86. The van der Waals surface area contributed by atoms with Crippen LogP contribution in [0.1, 0.15) is 26.7 Å². The van der Waals surface area contributed by atoms with E-state index in [4.69, 9.17) is 4.74 Å². The molecule has 94 valence electrons. The predicted octanol–water partition coefficient (Wildman–Crippen LogP) is 0.868. The van der Waals surface area contributed by atoms with Gasteiger partial charge in [-0.3, -0.25) is 4.79 Å². The van der Waals surface area contributed by atoms with Gasteiger partial charge in [0.2, 0.25) is 5.91 Å². The van der Waals surface area contributed by atoms with Crippen molar-refractivity contribution in [3.05, 3.63) is 0 Å². The van der Waals surface area contributed by atoms with Crippen molar-refractivity contribution in [1.82, 2.24) is 10.2 Å². The molecule has 0 spiro atoms. The van der Waals surface area contributed by atoms with Crippen LogP contribution in [0.2, 0.25) is 0 Å². The van der Waals surface area contributed by atoms with Crippen LogP contribution in [-0.2, 0) is 9.53 Å². The zero-order valence-corrected chi connectivity index (χ0v) is 10.8. The van der Waals surface area contributed by atoms with E-state index in [2.05, 4.69) is 12.2 Å². The molecule has 1 N–H and O–H groups in total. The SMILES string of the molecule is CC(NC(C)C1CCOCC1)C(=O)N(C)C. The minimum absolute atomic E-state index is 0.104. The van der Waals surface area contributed by atoms with Crippen molar-refractivity contribution < 1.29 is 9.53 Å². The molecule has 1 amide bonds. The number of hydrogen-bond donors (Lipinski definition) is 1. The topological polar surface area (TPSA) is 41.6 Å². The van der Waals surface area contributed by atoms with E-state index in [1.807, 2.05) is 6.92 Å². The minimum atomic E-state index is -0.104. The molecule has 0 radical (unpaired) electrons. The van der Waals surface area contributed by atoms with Gasteiger partial charge in [0.1, 0.15) is 0 Å². The minimum Gasteiger partial charge on any atom is -0.381 e. The second kappa shape index (κ2) is 6.21. The van der Waals surface area contributed by atoms with Gasteiger partial charge in [-0.2, -0.15) is 0 Å². The molecule has 0 saturated carbocycles. The molecule has 1 heterocycles. The summed E-state index contributed by atoms with van der Waals surface area (Å²) in [5, 5.41) is 3.38. The van der Waals surface area contributed by atoms with Gasteiger partial charge in [0, 0.05) is 33.4 Å². The summed E-state index contributed by atoms with van der Waals surface area (Å²) in [4.78, 5) is 13.3. The normalized spacial score (nSPS) is 21.5. The van der Waals surface area contributed by atoms with Gasteiger partial charge in [-0.1, -0.05) is 0 Å². The summed E-state index contributed by atoms with van der Waals surface area (Å²) in [6, 6.07) is 0.274. The van der Waals surface area contributed by atoms with Crippen LogP contribution in [0, 0.1) is 5.92 Å². The Kier molecular flexibility index (Phi) is 5.22. The molecular weight excluding hydrogens is 204 g/mol. The van der Waals surface area contributed by atoms with Gasteiger partial charge in [0.15, 0.2) is 0 Å². The highest BCUT2D eigenvalue weighted by atomic mass is 16.5. The average molecular weight is 228 g/mol. The Morgan fingerprint density at radius 2 is 1.88 bits per heavy atom. The molecule has 1 saturated heterocycles. The Morgan fingerprint density at radius 3 is 2.38 bits per heavy atom. The van der Waals surface area contributed by atoms with Gasteiger partial charge < -0.3 is 15.0 Å². The van der Waals surface area contributed by atoms with Crippen LogP contribution in [-0.4, -0.2) is 50.2 Å². The lowest BCUT2D eigenvalue weighted by Gasteiger charge is -2.31. The summed E-state index contributed by atoms with van der Waals surface area (Å²) in [6.07, 6.45) is 2.19. The van der Waals surface area contributed by atoms with E-state index in [0.717, 1.165) is 26.1 Å². The number of carbonyl (C=O) groups is 1. The third kappa shape index (κ3) is 3.76. The van der Waals surface area contributed by atoms with Crippen LogP contribution in [0.5, 0.6) is 0 Å². The molecule has 0 aromatic carbocycles. The van der Waals surface area contributed by atoms with Crippen LogP contribution in [0.25, 0.3) is 0 Å². The van der Waals surface area contributed by atoms with Crippen molar-refractivity contribution in [2.45, 2.75) is 38.8 Å². The maximum absolute atomic E-state index is 11.7. The summed E-state index contributed by atoms with van der Waals surface area (Å²) in [7, 11) is 3.58. The second-order valence-corrected chi connectivity index (χ2v) is 4.86. The Hall–Kier alpha value is -0.610. The third-order valence-electron chi connectivity index (χ3n) is 3.30. The lowest BCUT2D eigenvalue weighted by Crippen LogP contribution is -2.48. The highest BCUT2D eigenvalue weighted by molar-refractivity contribution is 5.80. The van der Waals surface area contributed by atoms with Crippen molar-refractivity contribution in [2.24, 2.45) is 5.92 Å². The van der Waals surface area contributed by atoms with Gasteiger partial charge in [-0.25, -0.2) is 0 Å². The number of hydrogen-bond acceptors (Lipinski definition) is 3. The molecule has 16 heavy (non-hydrogen) atoms. The lowest BCUT2D eigenvalue weighted by molar-refractivity contribution is -0.130. The Bertz CT molecular complexity index is 225. The van der Waals surface area contributed by atoms with Crippen molar-refractivity contribution in [3.63, 3.8) is 0 Å². The average Bonchev–Trinajstić information content (AvgIpc) is 2.28. The third-order valence-corrected chi connectivity index (χ3v) is 3.30. The molecule has 0 aliphatic carbocycles. The van der Waals surface area contributed by atoms with E-state index in [-0.39, 0.29) is 11.9 Å². The first kappa shape index (κ1) is 13.5. The van der Waals surface area contributed by atoms with Crippen LogP contribution >= 0.6 is 0 Å². The van der Waals surface area contributed by atoms with E-state index >= 15 is 0 Å². The van der Waals surface area contributed by atoms with Gasteiger partial charge in [-0.15, -0.1) is 0 Å². The zero-order valence-electron chi connectivity index (χ0n) is 10.8. The molecule has 4 heteroatoms. The van der Waals surface area contributed by atoms with Crippen molar-refractivity contribution >= 4 is 5.91 Å². The highest BCUT2D eigenvalue weighted by Gasteiger charge is 2.24. The van der Waals surface area contributed by atoms with Crippen molar-refractivity contribution in [1.29, 1.82) is 0 Å². The van der Waals surface area contributed by atoms with Crippen LogP contribution in [0.4, 0.5) is 0 Å². The number of nitrogens with zero attached hydrogens (tertiary/aromatic N) is 1. The molecule has 4 nitrogen and oxygen atoms in total. The number of likely N-dealkylation sites (N-methyl/N-ethyl adjacent to an activating group) is 1. The molecule has 0 bridgehead atoms. The Balaban J connectivity index is 2.37. The van der Waals surface area contributed by atoms with Gasteiger partial charge >= 0.3 is 0 Å². The van der Waals surface area contributed by atoms with Crippen molar-refractivity contribution in [2.75, 3.05) is 27.3 Å². The molecule has 1 aliphatic rings. The molecule has 2 unspecified atom stereocenters. The zero-order chi connectivity index (χ0) is 12.1. The van der Waals surface area contributed by atoms with Gasteiger partial charge in [0.25, 0.3) is 0 Å². The van der Waals surface area contributed by atoms with E-state index in [1.54, 1.807) is 19.0 Å². The Morgan fingerprint density at radius 1 is 1.31 bits per heavy atom. The molecule has 2 atom stereocenters. The van der Waals surface area contributed by atoms with E-state index in [9.17, 15) is 4.79 Å². The van der Waals surface area contributed by atoms with E-state index < -0.39 is 0 Å². The van der Waals surface area contributed by atoms with E-state index in [1.165, 1.54) is 0 Å². The molecule has 0 aromatic rings. The summed E-state index contributed by atoms with van der Waals surface area (Å²) in [5.41, 5.74) is 0. The largest absolute Gasteiger partial charge is 0.381 e. The van der Waals surface area contributed by atoms with Crippen LogP contribution in [0.3, 0.4) is 0 Å². The number of amides is 1. The maximum Gasteiger partial charge on any atom is 0.238 e. The molecule has 0 aromatic heterocycles. The monoisotopic (exact) mass is 228 g/mol. The molecular formula is C12H24N2O2. The smallest absolute Gasteiger partial charge is 0.238 e. The first-order chi connectivity index (χ1) is 7.52. The van der Waals surface area contributed by atoms with E-state index in [0.29, 0.717) is 12.0 Å². The number of ether oxygens (including phenoxy) is 1. The fourth-order valence-corrected chi connectivity index (χ4v) is 2.20. The number of rotatable bonds is 4.